The van der Waals surface area contributed by atoms with Crippen LogP contribution in [0, 0.1) is 23.7 Å². The lowest BCUT2D eigenvalue weighted by atomic mass is 9.54. The summed E-state index contributed by atoms with van der Waals surface area (Å²) < 4.78 is 5.29. The molecule has 0 saturated heterocycles. The smallest absolute Gasteiger partial charge is 0.202 e. The molecular weight excluding hydrogens is 319 g/mol. The first-order chi connectivity index (χ1) is 10.4. The largest absolute Gasteiger partial charge is 0.367 e. The third-order valence-corrected chi connectivity index (χ3v) is 7.42. The zero-order valence-electron chi connectivity index (χ0n) is 13.3. The van der Waals surface area contributed by atoms with E-state index >= 15 is 0 Å². The molecule has 4 heteroatoms. The van der Waals surface area contributed by atoms with Gasteiger partial charge in [0.2, 0.25) is 4.33 Å². The predicted octanol–water partition coefficient (Wildman–Crippen LogP) is 4.90. The fourth-order valence-electron chi connectivity index (χ4n) is 5.99. The molecule has 22 heavy (non-hydrogen) atoms. The van der Waals surface area contributed by atoms with Gasteiger partial charge in [-0.25, -0.2) is 0 Å². The Kier molecular flexibility index (Phi) is 3.83. The van der Waals surface area contributed by atoms with E-state index in [0.717, 1.165) is 56.3 Å². The van der Waals surface area contributed by atoms with Crippen molar-refractivity contribution in [1.29, 1.82) is 0 Å². The number of rotatable bonds is 5. The molecule has 0 spiro atoms. The summed E-state index contributed by atoms with van der Waals surface area (Å²) in [5.41, 5.74) is -0.0282. The van der Waals surface area contributed by atoms with Gasteiger partial charge in [-0.2, -0.15) is 0 Å². The molecule has 4 bridgehead atoms. The van der Waals surface area contributed by atoms with Crippen LogP contribution in [0.3, 0.4) is 0 Å². The molecule has 0 aromatic heterocycles. The molecule has 2 nitrogen and oxygen atoms in total. The fourth-order valence-corrected chi connectivity index (χ4v) is 6.66. The number of ketones is 1. The maximum absolute atomic E-state index is 12.2. The van der Waals surface area contributed by atoms with Gasteiger partial charge < -0.3 is 4.74 Å². The van der Waals surface area contributed by atoms with Gasteiger partial charge in [0.1, 0.15) is 6.10 Å². The molecule has 5 aliphatic carbocycles. The molecule has 0 N–H and O–H groups in total. The van der Waals surface area contributed by atoms with E-state index in [0.29, 0.717) is 0 Å². The Morgan fingerprint density at radius 2 is 1.64 bits per heavy atom. The van der Waals surface area contributed by atoms with Crippen molar-refractivity contribution in [3.8, 4) is 0 Å². The summed E-state index contributed by atoms with van der Waals surface area (Å²) in [5, 5.41) is 0. The van der Waals surface area contributed by atoms with Gasteiger partial charge in [0.05, 0.1) is 11.5 Å². The number of Topliss-reactive ketones (excluding diaryl/α,β-unsaturated/α-hetero) is 1. The van der Waals surface area contributed by atoms with Gasteiger partial charge >= 0.3 is 0 Å². The van der Waals surface area contributed by atoms with Crippen LogP contribution in [0.25, 0.3) is 0 Å². The molecule has 0 aliphatic heterocycles. The van der Waals surface area contributed by atoms with Crippen molar-refractivity contribution >= 4 is 29.0 Å². The molecule has 0 aromatic carbocycles. The van der Waals surface area contributed by atoms with Crippen molar-refractivity contribution < 1.29 is 9.53 Å². The summed E-state index contributed by atoms with van der Waals surface area (Å²) in [5.74, 6) is 2.39. The van der Waals surface area contributed by atoms with Crippen molar-refractivity contribution in [1.82, 2.24) is 0 Å². The number of hydrogen-bond donors (Lipinski definition) is 0. The van der Waals surface area contributed by atoms with Gasteiger partial charge in [0.25, 0.3) is 0 Å². The Labute approximate surface area is 143 Å². The van der Waals surface area contributed by atoms with Crippen molar-refractivity contribution in [2.45, 2.75) is 80.7 Å². The van der Waals surface area contributed by atoms with Gasteiger partial charge in [0.15, 0.2) is 5.78 Å². The molecule has 2 atom stereocenters. The third kappa shape index (κ3) is 2.36. The summed E-state index contributed by atoms with van der Waals surface area (Å²) in [6.07, 6.45) is 10.4. The van der Waals surface area contributed by atoms with Crippen LogP contribution in [0.15, 0.2) is 0 Å². The number of alkyl halides is 2. The minimum Gasteiger partial charge on any atom is -0.367 e. The van der Waals surface area contributed by atoms with E-state index in [-0.39, 0.29) is 23.4 Å². The van der Waals surface area contributed by atoms with Crippen LogP contribution in [0.4, 0.5) is 0 Å². The second-order valence-corrected chi connectivity index (χ2v) is 9.76. The second-order valence-electron chi connectivity index (χ2n) is 8.37. The van der Waals surface area contributed by atoms with E-state index < -0.39 is 4.33 Å². The number of carbonyl (C=O) groups is 1. The standard InChI is InChI=1S/C18H26Cl2O2/c1-2-3-4-14-15(21)18(19,20)16(14)22-17-8-11-5-12(9-17)7-13(6-11)10-17/h11-14,16H,2-10H2,1H3/t11?,12?,13?,14-,16-,17?/m0/s1. The maximum atomic E-state index is 12.2. The van der Waals surface area contributed by atoms with E-state index in [1.165, 1.54) is 19.3 Å². The van der Waals surface area contributed by atoms with Crippen molar-refractivity contribution in [3.05, 3.63) is 0 Å². The number of hydrogen-bond acceptors (Lipinski definition) is 2. The molecule has 5 fully saturated rings. The van der Waals surface area contributed by atoms with Crippen molar-refractivity contribution in [3.63, 3.8) is 0 Å². The highest BCUT2D eigenvalue weighted by Crippen LogP contribution is 2.59. The first kappa shape index (κ1) is 15.7. The molecule has 0 amide bonds. The maximum Gasteiger partial charge on any atom is 0.202 e. The summed E-state index contributed by atoms with van der Waals surface area (Å²) in [4.78, 5) is 12.2. The van der Waals surface area contributed by atoms with Gasteiger partial charge in [-0.1, -0.05) is 43.0 Å². The average molecular weight is 345 g/mol. The summed E-state index contributed by atoms with van der Waals surface area (Å²) in [6, 6.07) is 0. The Morgan fingerprint density at radius 3 is 2.14 bits per heavy atom. The average Bonchev–Trinajstić information content (AvgIpc) is 2.44. The van der Waals surface area contributed by atoms with E-state index in [4.69, 9.17) is 27.9 Å². The first-order valence-corrected chi connectivity index (χ1v) is 9.79. The molecule has 5 aliphatic rings. The van der Waals surface area contributed by atoms with Crippen molar-refractivity contribution in [2.24, 2.45) is 23.7 Å². The molecule has 0 unspecified atom stereocenters. The van der Waals surface area contributed by atoms with Crippen LogP contribution in [0.5, 0.6) is 0 Å². The highest BCUT2D eigenvalue weighted by Gasteiger charge is 2.64. The van der Waals surface area contributed by atoms with Crippen LogP contribution < -0.4 is 0 Å². The molecule has 5 rings (SSSR count). The number of halogens is 2. The minimum absolute atomic E-state index is 0.0148. The fraction of sp³-hybridized carbons (Fsp3) is 0.944. The lowest BCUT2D eigenvalue weighted by Crippen LogP contribution is -2.66. The van der Waals surface area contributed by atoms with E-state index in [1.807, 2.05) is 0 Å². The number of unbranched alkanes of at least 4 members (excludes halogenated alkanes) is 1. The van der Waals surface area contributed by atoms with Crippen LogP contribution in [0.2, 0.25) is 0 Å². The summed E-state index contributed by atoms with van der Waals surface area (Å²) >= 11 is 12.7. The normalized spacial score (nSPS) is 48.5. The van der Waals surface area contributed by atoms with Crippen LogP contribution >= 0.6 is 23.2 Å². The van der Waals surface area contributed by atoms with Crippen molar-refractivity contribution in [2.75, 3.05) is 0 Å². The van der Waals surface area contributed by atoms with Crippen LogP contribution in [-0.4, -0.2) is 21.8 Å². The van der Waals surface area contributed by atoms with Gasteiger partial charge in [-0.15, -0.1) is 0 Å². The number of carbonyl (C=O) groups excluding carboxylic acids is 1. The highest BCUT2D eigenvalue weighted by molar-refractivity contribution is 6.61. The molecule has 0 aromatic rings. The van der Waals surface area contributed by atoms with E-state index in [2.05, 4.69) is 6.92 Å². The predicted molar refractivity (Wildman–Crippen MR) is 88.2 cm³/mol. The molecule has 5 saturated carbocycles. The highest BCUT2D eigenvalue weighted by atomic mass is 35.5. The Morgan fingerprint density at radius 1 is 1.09 bits per heavy atom. The van der Waals surface area contributed by atoms with Crippen LogP contribution in [-0.2, 0) is 9.53 Å². The Bertz CT molecular complexity index is 438. The summed E-state index contributed by atoms with van der Waals surface area (Å²) in [7, 11) is 0. The van der Waals surface area contributed by atoms with Crippen LogP contribution in [0.1, 0.15) is 64.7 Å². The zero-order chi connectivity index (χ0) is 15.5. The first-order valence-electron chi connectivity index (χ1n) is 9.03. The SMILES string of the molecule is CCCC[C@H]1C(=O)C(Cl)(Cl)[C@H]1OC12CC3CC(CC(C3)C1)C2. The molecule has 124 valence electrons. The van der Waals surface area contributed by atoms with Gasteiger partial charge in [-0.3, -0.25) is 4.79 Å². The molecular formula is C18H26Cl2O2. The van der Waals surface area contributed by atoms with E-state index in [1.54, 1.807) is 0 Å². The monoisotopic (exact) mass is 344 g/mol. The summed E-state index contributed by atoms with van der Waals surface area (Å²) in [6.45, 7) is 2.15. The molecule has 0 heterocycles. The molecule has 0 radical (unpaired) electrons. The number of ether oxygens (including phenoxy) is 1. The second kappa shape index (κ2) is 5.36. The Balaban J connectivity index is 1.50. The third-order valence-electron chi connectivity index (χ3n) is 6.62. The van der Waals surface area contributed by atoms with E-state index in [9.17, 15) is 4.79 Å². The quantitative estimate of drug-likeness (QED) is 0.662. The lowest BCUT2D eigenvalue weighted by molar-refractivity contribution is -0.216. The zero-order valence-corrected chi connectivity index (χ0v) is 14.8. The minimum atomic E-state index is -1.30. The Hall–Kier alpha value is 0.210. The lowest BCUT2D eigenvalue weighted by Gasteiger charge is -2.59. The van der Waals surface area contributed by atoms with Gasteiger partial charge in [0, 0.05) is 0 Å². The van der Waals surface area contributed by atoms with Gasteiger partial charge in [-0.05, 0) is 62.7 Å². The topological polar surface area (TPSA) is 26.3 Å².